The number of nitrogens with one attached hydrogen (secondary N) is 6. The first-order chi connectivity index (χ1) is 28.0. The molecular formula is C38H42N12O8. The molecule has 7 amide bonds. The van der Waals surface area contributed by atoms with Crippen molar-refractivity contribution in [1.29, 1.82) is 0 Å². The molecule has 1 unspecified atom stereocenters. The number of aromatic nitrogens is 5. The SMILES string of the molecule is CNC(=O)c1nnc(NC(=O)CNC(=O)CCCCCCNc2ccc3c(c2)C(=O)N(C2CCC(=O)NC2=O)C3=O)cc1Nc1cccc(-c2ncn(C)n2)c1OC. The smallest absolute Gasteiger partial charge is 0.273 e. The van der Waals surface area contributed by atoms with Crippen LogP contribution in [0, 0.1) is 0 Å². The highest BCUT2D eigenvalue weighted by atomic mass is 16.5. The number of fused-ring (bicyclic) bond motifs is 1. The number of unbranched alkanes of at least 4 members (excludes halogenated alkanes) is 3. The van der Waals surface area contributed by atoms with Gasteiger partial charge in [-0.1, -0.05) is 18.9 Å². The number of anilines is 4. The van der Waals surface area contributed by atoms with Crippen molar-refractivity contribution >= 4 is 64.2 Å². The number of para-hydroxylation sites is 1. The number of ether oxygens (including phenoxy) is 1. The number of nitrogens with zero attached hydrogens (tertiary/aromatic N) is 6. The van der Waals surface area contributed by atoms with Gasteiger partial charge in [-0.2, -0.15) is 5.10 Å². The maximum Gasteiger partial charge on any atom is 0.273 e. The van der Waals surface area contributed by atoms with Gasteiger partial charge in [0.15, 0.2) is 23.1 Å². The lowest BCUT2D eigenvalue weighted by atomic mass is 10.0. The summed E-state index contributed by atoms with van der Waals surface area (Å²) < 4.78 is 7.22. The first kappa shape index (κ1) is 40.4. The number of imide groups is 2. The molecule has 0 saturated carbocycles. The fourth-order valence-electron chi connectivity index (χ4n) is 6.51. The predicted molar refractivity (Wildman–Crippen MR) is 208 cm³/mol. The van der Waals surface area contributed by atoms with Gasteiger partial charge in [0, 0.05) is 45.2 Å². The molecule has 58 heavy (non-hydrogen) atoms. The van der Waals surface area contributed by atoms with E-state index in [4.69, 9.17) is 4.74 Å². The Balaban J connectivity index is 0.925. The van der Waals surface area contributed by atoms with Gasteiger partial charge in [-0.15, -0.1) is 10.2 Å². The van der Waals surface area contributed by atoms with Gasteiger partial charge in [-0.05, 0) is 49.6 Å². The van der Waals surface area contributed by atoms with Gasteiger partial charge in [0.1, 0.15) is 12.4 Å². The Bertz CT molecular complexity index is 2270. The van der Waals surface area contributed by atoms with Gasteiger partial charge in [-0.3, -0.25) is 48.5 Å². The largest absolute Gasteiger partial charge is 0.494 e. The van der Waals surface area contributed by atoms with Crippen molar-refractivity contribution < 1.29 is 38.3 Å². The second-order valence-corrected chi connectivity index (χ2v) is 13.4. The first-order valence-electron chi connectivity index (χ1n) is 18.5. The van der Waals surface area contributed by atoms with E-state index in [1.165, 1.54) is 20.2 Å². The summed E-state index contributed by atoms with van der Waals surface area (Å²) in [5, 5.41) is 28.6. The van der Waals surface area contributed by atoms with E-state index in [2.05, 4.69) is 52.2 Å². The molecule has 1 saturated heterocycles. The Morgan fingerprint density at radius 1 is 0.914 bits per heavy atom. The van der Waals surface area contributed by atoms with E-state index in [0.29, 0.717) is 41.5 Å². The van der Waals surface area contributed by atoms with Crippen molar-refractivity contribution in [2.45, 2.75) is 51.0 Å². The summed E-state index contributed by atoms with van der Waals surface area (Å²) in [6.45, 7) is 0.272. The number of hydrogen-bond donors (Lipinski definition) is 6. The van der Waals surface area contributed by atoms with Crippen LogP contribution in [0.4, 0.5) is 22.9 Å². The summed E-state index contributed by atoms with van der Waals surface area (Å²) in [7, 11) is 4.69. The quantitative estimate of drug-likeness (QED) is 0.0659. The monoisotopic (exact) mass is 794 g/mol. The molecule has 1 atom stereocenters. The molecule has 0 bridgehead atoms. The lowest BCUT2D eigenvalue weighted by Crippen LogP contribution is -2.54. The van der Waals surface area contributed by atoms with Gasteiger partial charge in [0.05, 0.1) is 41.7 Å². The minimum atomic E-state index is -1.02. The maximum atomic E-state index is 13.1. The van der Waals surface area contributed by atoms with Crippen LogP contribution in [-0.4, -0.2) is 105 Å². The topological polar surface area (TPSA) is 261 Å². The van der Waals surface area contributed by atoms with Crippen LogP contribution >= 0.6 is 0 Å². The number of carbonyl (C=O) groups is 7. The maximum absolute atomic E-state index is 13.1. The average Bonchev–Trinajstić information content (AvgIpc) is 3.75. The number of carbonyl (C=O) groups excluding carboxylic acids is 7. The highest BCUT2D eigenvalue weighted by molar-refractivity contribution is 6.23. The van der Waals surface area contributed by atoms with Crippen molar-refractivity contribution in [1.82, 2.24) is 45.8 Å². The van der Waals surface area contributed by atoms with Crippen molar-refractivity contribution in [2.24, 2.45) is 7.05 Å². The minimum Gasteiger partial charge on any atom is -0.494 e. The normalized spacial score (nSPS) is 14.7. The van der Waals surface area contributed by atoms with Crippen LogP contribution in [0.1, 0.15) is 76.2 Å². The van der Waals surface area contributed by atoms with E-state index in [-0.39, 0.29) is 60.0 Å². The summed E-state index contributed by atoms with van der Waals surface area (Å²) in [5.41, 5.74) is 2.33. The van der Waals surface area contributed by atoms with Crippen molar-refractivity contribution in [3.8, 4) is 17.1 Å². The molecule has 0 radical (unpaired) electrons. The van der Waals surface area contributed by atoms with Crippen LogP contribution in [0.5, 0.6) is 5.75 Å². The number of hydrogen-bond acceptors (Lipinski definition) is 14. The fraction of sp³-hybridized carbons (Fsp3) is 0.342. The third-order valence-corrected chi connectivity index (χ3v) is 9.38. The van der Waals surface area contributed by atoms with Crippen LogP contribution in [0.25, 0.3) is 11.4 Å². The van der Waals surface area contributed by atoms with E-state index >= 15 is 0 Å². The van der Waals surface area contributed by atoms with Gasteiger partial charge in [0.25, 0.3) is 17.7 Å². The minimum absolute atomic E-state index is 0.0366. The van der Waals surface area contributed by atoms with Crippen molar-refractivity contribution in [2.75, 3.05) is 43.2 Å². The summed E-state index contributed by atoms with van der Waals surface area (Å²) in [4.78, 5) is 92.8. The molecule has 6 N–H and O–H groups in total. The third-order valence-electron chi connectivity index (χ3n) is 9.38. The van der Waals surface area contributed by atoms with E-state index in [0.717, 1.165) is 24.2 Å². The molecule has 20 nitrogen and oxygen atoms in total. The Morgan fingerprint density at radius 2 is 1.71 bits per heavy atom. The van der Waals surface area contributed by atoms with Gasteiger partial charge < -0.3 is 31.3 Å². The molecule has 1 fully saturated rings. The van der Waals surface area contributed by atoms with E-state index < -0.39 is 41.5 Å². The molecule has 2 aliphatic heterocycles. The highest BCUT2D eigenvalue weighted by Gasteiger charge is 2.44. The number of aryl methyl sites for hydroxylation is 1. The standard InChI is InChI=1S/C38H42N12O8/c1-39-36(55)32-26(43-25-10-8-9-23(33(25)58-3)34-42-20-49(2)48-34)18-28(46-47-32)44-31(53)19-41-29(51)11-6-4-5-7-16-40-21-12-13-22-24(17-21)38(57)50(37(22)56)27-14-15-30(52)45-35(27)54/h8-10,12-13,17-18,20,27,40H,4-7,11,14-16,19H2,1-3H3,(H,39,55)(H,41,51)(H,45,52,54)(H2,43,44,46,53). The third kappa shape index (κ3) is 9.23. The summed E-state index contributed by atoms with van der Waals surface area (Å²) in [6, 6.07) is 10.5. The van der Waals surface area contributed by atoms with Crippen LogP contribution in [-0.2, 0) is 26.2 Å². The van der Waals surface area contributed by atoms with Gasteiger partial charge >= 0.3 is 0 Å². The highest BCUT2D eigenvalue weighted by Crippen LogP contribution is 2.37. The average molecular weight is 795 g/mol. The molecular weight excluding hydrogens is 752 g/mol. The fourth-order valence-corrected chi connectivity index (χ4v) is 6.51. The van der Waals surface area contributed by atoms with Gasteiger partial charge in [0.2, 0.25) is 23.6 Å². The number of benzene rings is 2. The number of piperidine rings is 1. The van der Waals surface area contributed by atoms with Crippen LogP contribution in [0.2, 0.25) is 0 Å². The van der Waals surface area contributed by atoms with Crippen LogP contribution in [0.15, 0.2) is 48.8 Å². The Morgan fingerprint density at radius 3 is 2.45 bits per heavy atom. The second kappa shape index (κ2) is 18.1. The Hall–Kier alpha value is -7.25. The van der Waals surface area contributed by atoms with Gasteiger partial charge in [-0.25, -0.2) is 4.98 Å². The summed E-state index contributed by atoms with van der Waals surface area (Å²) in [6.07, 6.45) is 4.85. The van der Waals surface area contributed by atoms with Crippen LogP contribution in [0.3, 0.4) is 0 Å². The van der Waals surface area contributed by atoms with Crippen molar-refractivity contribution in [3.05, 3.63) is 65.6 Å². The lowest BCUT2D eigenvalue weighted by Gasteiger charge is -2.27. The summed E-state index contributed by atoms with van der Waals surface area (Å²) >= 11 is 0. The molecule has 302 valence electrons. The summed E-state index contributed by atoms with van der Waals surface area (Å²) in [5.74, 6) is -2.70. The number of amides is 7. The molecule has 6 rings (SSSR count). The van der Waals surface area contributed by atoms with E-state index in [1.807, 2.05) is 0 Å². The molecule has 0 spiro atoms. The zero-order valence-corrected chi connectivity index (χ0v) is 32.0. The Labute approximate surface area is 331 Å². The molecule has 4 heterocycles. The molecule has 4 aromatic rings. The molecule has 20 heteroatoms. The molecule has 2 aromatic heterocycles. The lowest BCUT2D eigenvalue weighted by molar-refractivity contribution is -0.136. The van der Waals surface area contributed by atoms with Crippen LogP contribution < -0.4 is 36.6 Å². The van der Waals surface area contributed by atoms with E-state index in [9.17, 15) is 33.6 Å². The zero-order valence-electron chi connectivity index (χ0n) is 32.0. The van der Waals surface area contributed by atoms with E-state index in [1.54, 1.807) is 54.5 Å². The molecule has 2 aromatic carbocycles. The number of methoxy groups -OCH3 is 1. The zero-order chi connectivity index (χ0) is 41.3. The first-order valence-corrected chi connectivity index (χ1v) is 18.5. The second-order valence-electron chi connectivity index (χ2n) is 13.4. The van der Waals surface area contributed by atoms with Crippen molar-refractivity contribution in [3.63, 3.8) is 0 Å². The predicted octanol–water partition coefficient (Wildman–Crippen LogP) is 1.90. The number of rotatable bonds is 17. The molecule has 2 aliphatic rings. The molecule has 0 aliphatic carbocycles. The Kier molecular flexibility index (Phi) is 12.6.